The largest absolute Gasteiger partial charge is 0.479 e. The van der Waals surface area contributed by atoms with Crippen LogP contribution in [0.3, 0.4) is 0 Å². The molecule has 28 nitrogen and oxygen atoms in total. The molecular formula is C89H119N21O7S. The number of rotatable bonds is 33. The Kier molecular flexibility index (Phi) is 30.9. The van der Waals surface area contributed by atoms with Crippen molar-refractivity contribution in [1.82, 2.24) is 99.1 Å². The van der Waals surface area contributed by atoms with Gasteiger partial charge in [0.25, 0.3) is 0 Å². The van der Waals surface area contributed by atoms with Crippen molar-refractivity contribution in [3.05, 3.63) is 157 Å². The number of anilines is 1. The van der Waals surface area contributed by atoms with Gasteiger partial charge in [-0.05, 0) is 125 Å². The van der Waals surface area contributed by atoms with E-state index in [1.54, 1.807) is 18.1 Å². The second-order valence-corrected chi connectivity index (χ2v) is 34.6. The van der Waals surface area contributed by atoms with Gasteiger partial charge in [-0.15, -0.1) is 51.0 Å². The predicted molar refractivity (Wildman–Crippen MR) is 464 cm³/mol. The molecule has 0 spiro atoms. The van der Waals surface area contributed by atoms with E-state index in [2.05, 4.69) is 161 Å². The average molecular weight is 1630 g/mol. The van der Waals surface area contributed by atoms with Crippen molar-refractivity contribution in [2.24, 2.45) is 0 Å². The maximum absolute atomic E-state index is 13.4. The molecule has 628 valence electrons. The number of ether oxygens (including phenoxy) is 3. The third-order valence-electron chi connectivity index (χ3n) is 21.6. The second-order valence-electron chi connectivity index (χ2n) is 32.3. The number of aromatic nitrogens is 20. The van der Waals surface area contributed by atoms with Crippen molar-refractivity contribution in [2.75, 3.05) is 42.7 Å². The molecule has 0 saturated carbocycles. The van der Waals surface area contributed by atoms with Crippen molar-refractivity contribution in [1.29, 1.82) is 0 Å². The summed E-state index contributed by atoms with van der Waals surface area (Å²) >= 11 is 0. The average Bonchev–Trinajstić information content (AvgIpc) is 1.62. The number of carbonyl (C=O) groups is 2. The number of hydrogen-bond acceptors (Lipinski definition) is 23. The molecule has 118 heavy (non-hydrogen) atoms. The maximum Gasteiger partial charge on any atom is 0.347 e. The quantitative estimate of drug-likeness (QED) is 0.0272. The first kappa shape index (κ1) is 89.2. The van der Waals surface area contributed by atoms with E-state index in [4.69, 9.17) is 14.2 Å². The van der Waals surface area contributed by atoms with Gasteiger partial charge in [0, 0.05) is 68.3 Å². The van der Waals surface area contributed by atoms with Crippen LogP contribution in [0.15, 0.2) is 78.9 Å². The van der Waals surface area contributed by atoms with E-state index >= 15 is 0 Å². The van der Waals surface area contributed by atoms with Crippen LogP contribution >= 0.6 is 0 Å². The second kappa shape index (κ2) is 40.8. The van der Waals surface area contributed by atoms with E-state index in [0.717, 1.165) is 144 Å². The smallest absolute Gasteiger partial charge is 0.347 e. The summed E-state index contributed by atoms with van der Waals surface area (Å²) in [5, 5.41) is 67.9. The highest BCUT2D eigenvalue weighted by atomic mass is 32.2. The molecule has 11 heterocycles. The number of hydrogen-bond donors (Lipinski definition) is 0. The molecule has 14 rings (SSSR count). The number of sulfone groups is 1. The van der Waals surface area contributed by atoms with Crippen LogP contribution in [0.2, 0.25) is 0 Å². The minimum Gasteiger partial charge on any atom is -0.479 e. The first-order valence-electron chi connectivity index (χ1n) is 41.7. The van der Waals surface area contributed by atoms with Crippen LogP contribution in [0.25, 0.3) is 83.8 Å². The molecule has 10 aromatic heterocycles. The summed E-state index contributed by atoms with van der Waals surface area (Å²) in [5.41, 5.74) is 11.0. The van der Waals surface area contributed by atoms with E-state index in [1.807, 2.05) is 134 Å². The number of unbranched alkanes of at least 4 members (excludes halogenated alkanes) is 15. The third kappa shape index (κ3) is 22.4. The van der Waals surface area contributed by atoms with Gasteiger partial charge in [-0.2, -0.15) is 48.1 Å². The Balaban J connectivity index is 0.000000167. The molecular weight excluding hydrogens is 1510 g/mol. The number of benzene rings is 3. The molecule has 0 bridgehead atoms. The van der Waals surface area contributed by atoms with Gasteiger partial charge >= 0.3 is 11.9 Å². The summed E-state index contributed by atoms with van der Waals surface area (Å²) in [6, 6.07) is 25.7. The fraction of sp³-hybridized carbons (Fsp3) is 0.494. The van der Waals surface area contributed by atoms with Gasteiger partial charge in [-0.25, -0.2) is 13.2 Å². The lowest BCUT2D eigenvalue weighted by Gasteiger charge is -2.29. The zero-order chi connectivity index (χ0) is 85.0. The maximum atomic E-state index is 13.4. The molecule has 0 radical (unpaired) electrons. The summed E-state index contributed by atoms with van der Waals surface area (Å²) in [4.78, 5) is 27.6. The molecule has 29 heteroatoms. The van der Waals surface area contributed by atoms with Crippen LogP contribution in [0.1, 0.15) is 241 Å². The summed E-state index contributed by atoms with van der Waals surface area (Å²) in [5.74, 6) is 4.46. The predicted octanol–water partition coefficient (Wildman–Crippen LogP) is 12.7. The van der Waals surface area contributed by atoms with Gasteiger partial charge in [0.2, 0.25) is 0 Å². The molecule has 1 aliphatic heterocycles. The normalized spacial score (nSPS) is 13.4. The molecule has 1 fully saturated rings. The Morgan fingerprint density at radius 2 is 0.932 bits per heavy atom. The summed E-state index contributed by atoms with van der Waals surface area (Å²) in [6.45, 7) is 49.3. The lowest BCUT2D eigenvalue weighted by atomic mass is 9.94. The van der Waals surface area contributed by atoms with Crippen LogP contribution in [0, 0.1) is 41.5 Å². The molecule has 0 aliphatic carbocycles. The van der Waals surface area contributed by atoms with E-state index in [1.165, 1.54) is 82.6 Å². The summed E-state index contributed by atoms with van der Waals surface area (Å²) in [6.07, 6.45) is 21.7. The standard InChI is InChI=1S/C32H47N5O5S.C22H36N4O2.C15H16N4.C13H12N4.C7H8N4/c1-6-7-8-9-10-11-12-13-14-28(42-27-17-15-26(16-18-27)36-19-21-43(39,40)22-20-36)30(38)41-23-32(4,5)31-34-33-29-24(2)25(3)35-37(29)31;1-6-7-8-9-10-11-12-13-14-15-19(27)28-16-22(4,5)21-24-23-20-17(2)18(3)25-26(20)21;1-4-10(2)14-16-17-15-11(3)13(18-19(14)15)12-8-6-5-7-9-12;1-8-5-4-6-11(7-8)13-15-14-12-9(2)10(3)16-17(12)13;1-4-5(2)10-11-6(3)8-9-7(4)11/h15-18,28H,2,6-14,19-23H2,1,3-5H3;2,6-16H2,1,3-5H3;5-10H,3-4H2,1-2H3;4-7H,2H2,1,3H3;1H2,2-3H3. The lowest BCUT2D eigenvalue weighted by molar-refractivity contribution is -0.154. The van der Waals surface area contributed by atoms with Crippen LogP contribution in [0.4, 0.5) is 5.69 Å². The lowest BCUT2D eigenvalue weighted by Crippen LogP contribution is -2.40. The van der Waals surface area contributed by atoms with Crippen LogP contribution in [-0.4, -0.2) is 163 Å². The Morgan fingerprint density at radius 1 is 0.475 bits per heavy atom. The minimum absolute atomic E-state index is 0.0963. The number of aryl methyl sites for hydroxylation is 6. The van der Waals surface area contributed by atoms with Gasteiger partial charge in [-0.1, -0.05) is 211 Å². The fourth-order valence-corrected chi connectivity index (χ4v) is 15.0. The van der Waals surface area contributed by atoms with Crippen LogP contribution in [0.5, 0.6) is 5.75 Å². The van der Waals surface area contributed by atoms with E-state index in [9.17, 15) is 18.0 Å². The Morgan fingerprint density at radius 3 is 1.47 bits per heavy atom. The van der Waals surface area contributed by atoms with Crippen molar-refractivity contribution < 1.29 is 32.2 Å². The number of fused-ring (bicyclic) bond motifs is 5. The zero-order valence-electron chi connectivity index (χ0n) is 71.7. The first-order chi connectivity index (χ1) is 56.5. The zero-order valence-corrected chi connectivity index (χ0v) is 72.6. The number of carbonyl (C=O) groups excluding carboxylic acids is 2. The molecule has 1 saturated heterocycles. The summed E-state index contributed by atoms with van der Waals surface area (Å²) < 4.78 is 49.9. The van der Waals surface area contributed by atoms with Gasteiger partial charge in [0.15, 0.2) is 73.3 Å². The van der Waals surface area contributed by atoms with Gasteiger partial charge in [0.05, 0.1) is 45.1 Å². The Labute approximate surface area is 692 Å². The third-order valence-corrected chi connectivity index (χ3v) is 23.2. The highest BCUT2D eigenvalue weighted by molar-refractivity contribution is 7.91. The molecule has 1 aliphatic rings. The van der Waals surface area contributed by atoms with E-state index in [0.29, 0.717) is 60.5 Å². The van der Waals surface area contributed by atoms with Gasteiger partial charge < -0.3 is 19.1 Å². The van der Waals surface area contributed by atoms with E-state index < -0.39 is 32.7 Å². The molecule has 0 N–H and O–H groups in total. The summed E-state index contributed by atoms with van der Waals surface area (Å²) in [7, 11) is -2.95. The van der Waals surface area contributed by atoms with Crippen molar-refractivity contribution in [3.8, 4) is 28.4 Å². The van der Waals surface area contributed by atoms with Crippen LogP contribution < -0.4 is 35.7 Å². The molecule has 13 aromatic rings. The highest BCUT2D eigenvalue weighted by Gasteiger charge is 2.34. The molecule has 0 amide bonds. The molecule has 3 aromatic carbocycles. The van der Waals surface area contributed by atoms with Crippen molar-refractivity contribution in [3.63, 3.8) is 0 Å². The monoisotopic (exact) mass is 1630 g/mol. The van der Waals surface area contributed by atoms with Crippen molar-refractivity contribution in [2.45, 2.75) is 248 Å². The fourth-order valence-electron chi connectivity index (χ4n) is 13.8. The topological polar surface area (TPSA) is 315 Å². The van der Waals surface area contributed by atoms with Crippen molar-refractivity contribution >= 4 is 88.6 Å². The number of nitrogens with zero attached hydrogens (tertiary/aromatic N) is 21. The molecule has 2 unspecified atom stereocenters. The molecule has 2 atom stereocenters. The number of esters is 2. The first-order valence-corrected chi connectivity index (χ1v) is 43.5. The van der Waals surface area contributed by atoms with E-state index in [-0.39, 0.29) is 30.7 Å². The highest BCUT2D eigenvalue weighted by Crippen LogP contribution is 2.28. The Bertz CT molecular complexity index is 5830. The minimum atomic E-state index is -2.95. The van der Waals surface area contributed by atoms with Gasteiger partial charge in [-0.3, -0.25) is 4.79 Å². The Hall–Kier alpha value is -11.1. The van der Waals surface area contributed by atoms with Crippen LogP contribution in [-0.2, 0) is 39.7 Å². The van der Waals surface area contributed by atoms with Gasteiger partial charge in [0.1, 0.15) is 24.7 Å². The SMILES string of the molecule is C=c1c(-c2ccccc2)nn2c(C(C)CC)nnc12.C=c1c(C)nn2c(-c3cccc(C)c3)nnc12.C=c1c(C)nn2c(C(C)(C)COC(=O)C(CCCCCCCCCC)Oc3ccc(N4CCS(=O)(=O)CC4)cc3)nnc12.C=c1c(C)nn2c(C(C)(C)COC(=O)CCCCCCCCCCC)nnc12.C=c1c(C)nn2c(C)nnc12.